The molecule has 1 rings (SSSR count). The van der Waals surface area contributed by atoms with Crippen molar-refractivity contribution in [2.24, 2.45) is 5.92 Å². The summed E-state index contributed by atoms with van der Waals surface area (Å²) in [5.74, 6) is -0.308. The second-order valence-corrected chi connectivity index (χ2v) is 5.82. The average Bonchev–Trinajstić information content (AvgIpc) is 2.27. The molecule has 0 saturated heterocycles. The smallest absolute Gasteiger partial charge is 0.320 e. The van der Waals surface area contributed by atoms with Gasteiger partial charge in [0.25, 0.3) is 0 Å². The second-order valence-electron chi connectivity index (χ2n) is 5.39. The highest BCUT2D eigenvalue weighted by Gasteiger charge is 2.18. The first-order valence-corrected chi connectivity index (χ1v) is 6.99. The molecule has 0 aromatic heterocycles. The van der Waals surface area contributed by atoms with Crippen molar-refractivity contribution in [2.75, 3.05) is 0 Å². The van der Waals surface area contributed by atoms with Crippen LogP contribution in [0.2, 0.25) is 5.02 Å². The molecule has 19 heavy (non-hydrogen) atoms. The van der Waals surface area contributed by atoms with Gasteiger partial charge in [-0.25, -0.2) is 0 Å². The van der Waals surface area contributed by atoms with E-state index in [1.807, 2.05) is 24.3 Å². The summed E-state index contributed by atoms with van der Waals surface area (Å²) in [5.41, 5.74) is 1.13. The third-order valence-corrected chi connectivity index (χ3v) is 3.22. The molecule has 0 bridgehead atoms. The van der Waals surface area contributed by atoms with Crippen molar-refractivity contribution in [3.8, 4) is 0 Å². The molecule has 0 aliphatic rings. The van der Waals surface area contributed by atoms with E-state index in [9.17, 15) is 4.79 Å². The lowest BCUT2D eigenvalue weighted by Gasteiger charge is -2.23. The highest BCUT2D eigenvalue weighted by atomic mass is 35.5. The Morgan fingerprint density at radius 1 is 1.37 bits per heavy atom. The zero-order valence-electron chi connectivity index (χ0n) is 11.7. The standard InChI is InChI=1S/C15H22ClNO2/c1-10(2)7-14(17-11(3)15(18)19)9-12-5-4-6-13(16)8-12/h4-6,8,10-11,14,17H,7,9H2,1-3H3,(H,18,19). The third kappa shape index (κ3) is 6.08. The number of halogens is 1. The Kier molecular flexibility index (Phi) is 6.32. The molecule has 1 aromatic rings. The molecule has 0 saturated carbocycles. The zero-order valence-corrected chi connectivity index (χ0v) is 12.4. The molecule has 0 amide bonds. The number of nitrogens with one attached hydrogen (secondary N) is 1. The van der Waals surface area contributed by atoms with Crippen LogP contribution in [-0.4, -0.2) is 23.2 Å². The Balaban J connectivity index is 2.71. The summed E-state index contributed by atoms with van der Waals surface area (Å²) in [6, 6.07) is 7.32. The Morgan fingerprint density at radius 3 is 2.58 bits per heavy atom. The van der Waals surface area contributed by atoms with Gasteiger partial charge in [-0.05, 0) is 43.4 Å². The van der Waals surface area contributed by atoms with E-state index in [1.165, 1.54) is 0 Å². The van der Waals surface area contributed by atoms with Crippen molar-refractivity contribution in [1.29, 1.82) is 0 Å². The Hall–Kier alpha value is -1.06. The van der Waals surface area contributed by atoms with E-state index in [-0.39, 0.29) is 6.04 Å². The van der Waals surface area contributed by atoms with Crippen LogP contribution in [0.5, 0.6) is 0 Å². The normalized spacial score (nSPS) is 14.4. The van der Waals surface area contributed by atoms with Crippen molar-refractivity contribution < 1.29 is 9.90 Å². The van der Waals surface area contributed by atoms with Gasteiger partial charge in [-0.2, -0.15) is 0 Å². The lowest BCUT2D eigenvalue weighted by molar-refractivity contribution is -0.139. The molecule has 2 unspecified atom stereocenters. The van der Waals surface area contributed by atoms with Gasteiger partial charge in [0, 0.05) is 11.1 Å². The van der Waals surface area contributed by atoms with Gasteiger partial charge in [0.2, 0.25) is 0 Å². The summed E-state index contributed by atoms with van der Waals surface area (Å²) in [6.45, 7) is 5.95. The number of hydrogen-bond acceptors (Lipinski definition) is 2. The molecule has 1 aromatic carbocycles. The molecule has 0 heterocycles. The molecule has 0 aliphatic heterocycles. The number of carboxylic acid groups (broad SMARTS) is 1. The van der Waals surface area contributed by atoms with Crippen LogP contribution in [0.4, 0.5) is 0 Å². The fourth-order valence-electron chi connectivity index (χ4n) is 2.15. The Morgan fingerprint density at radius 2 is 2.05 bits per heavy atom. The summed E-state index contributed by atoms with van der Waals surface area (Å²) < 4.78 is 0. The summed E-state index contributed by atoms with van der Waals surface area (Å²) in [6.07, 6.45) is 1.72. The molecule has 2 N–H and O–H groups in total. The monoisotopic (exact) mass is 283 g/mol. The SMILES string of the molecule is CC(C)CC(Cc1cccc(Cl)c1)NC(C)C(=O)O. The minimum absolute atomic E-state index is 0.143. The summed E-state index contributed by atoms with van der Waals surface area (Å²) >= 11 is 5.98. The average molecular weight is 284 g/mol. The molecule has 4 heteroatoms. The van der Waals surface area contributed by atoms with Gasteiger partial charge >= 0.3 is 5.97 Å². The van der Waals surface area contributed by atoms with Gasteiger partial charge in [0.1, 0.15) is 6.04 Å². The predicted octanol–water partition coefficient (Wildman–Crippen LogP) is 3.36. The maximum Gasteiger partial charge on any atom is 0.320 e. The highest BCUT2D eigenvalue weighted by Crippen LogP contribution is 2.15. The number of carboxylic acids is 1. The molecular formula is C15H22ClNO2. The van der Waals surface area contributed by atoms with Crippen molar-refractivity contribution >= 4 is 17.6 Å². The van der Waals surface area contributed by atoms with Crippen LogP contribution < -0.4 is 5.32 Å². The van der Waals surface area contributed by atoms with Gasteiger partial charge in [0.15, 0.2) is 0 Å². The fraction of sp³-hybridized carbons (Fsp3) is 0.533. The van der Waals surface area contributed by atoms with Gasteiger partial charge in [0.05, 0.1) is 0 Å². The van der Waals surface area contributed by atoms with Crippen LogP contribution in [-0.2, 0) is 11.2 Å². The van der Waals surface area contributed by atoms with E-state index < -0.39 is 12.0 Å². The minimum Gasteiger partial charge on any atom is -0.480 e. The first kappa shape index (κ1) is 16.0. The molecule has 3 nitrogen and oxygen atoms in total. The molecule has 0 radical (unpaired) electrons. The minimum atomic E-state index is -0.820. The van der Waals surface area contributed by atoms with Crippen molar-refractivity contribution in [3.63, 3.8) is 0 Å². The number of aliphatic carboxylic acids is 1. The number of rotatable bonds is 7. The maximum atomic E-state index is 10.9. The van der Waals surface area contributed by atoms with Crippen LogP contribution in [0.3, 0.4) is 0 Å². The number of hydrogen-bond donors (Lipinski definition) is 2. The molecule has 106 valence electrons. The topological polar surface area (TPSA) is 49.3 Å². The fourth-order valence-corrected chi connectivity index (χ4v) is 2.37. The summed E-state index contributed by atoms with van der Waals surface area (Å²) in [5, 5.41) is 12.9. The third-order valence-electron chi connectivity index (χ3n) is 2.98. The van der Waals surface area contributed by atoms with Gasteiger partial charge < -0.3 is 10.4 Å². The van der Waals surface area contributed by atoms with E-state index in [0.717, 1.165) is 18.4 Å². The Labute approximate surface area is 120 Å². The quantitative estimate of drug-likeness (QED) is 0.807. The van der Waals surface area contributed by atoms with Crippen LogP contribution in [0.25, 0.3) is 0 Å². The van der Waals surface area contributed by atoms with Gasteiger partial charge in [-0.1, -0.05) is 37.6 Å². The highest BCUT2D eigenvalue weighted by molar-refractivity contribution is 6.30. The lowest BCUT2D eigenvalue weighted by atomic mass is 9.96. The predicted molar refractivity (Wildman–Crippen MR) is 78.6 cm³/mol. The number of benzene rings is 1. The number of carbonyl (C=O) groups is 1. The van der Waals surface area contributed by atoms with E-state index >= 15 is 0 Å². The second kappa shape index (κ2) is 7.51. The first-order chi connectivity index (χ1) is 8.88. The zero-order chi connectivity index (χ0) is 14.4. The molecule has 0 fully saturated rings. The van der Waals surface area contributed by atoms with Crippen molar-refractivity contribution in [3.05, 3.63) is 34.9 Å². The molecule has 2 atom stereocenters. The van der Waals surface area contributed by atoms with E-state index in [1.54, 1.807) is 6.92 Å². The molecule has 0 aliphatic carbocycles. The van der Waals surface area contributed by atoms with Crippen LogP contribution in [0.15, 0.2) is 24.3 Å². The van der Waals surface area contributed by atoms with E-state index in [0.29, 0.717) is 10.9 Å². The van der Waals surface area contributed by atoms with Crippen LogP contribution in [0, 0.1) is 5.92 Å². The van der Waals surface area contributed by atoms with Crippen molar-refractivity contribution in [1.82, 2.24) is 5.32 Å². The van der Waals surface area contributed by atoms with Crippen molar-refractivity contribution in [2.45, 2.75) is 45.7 Å². The van der Waals surface area contributed by atoms with Crippen LogP contribution in [0.1, 0.15) is 32.8 Å². The van der Waals surface area contributed by atoms with Gasteiger partial charge in [-0.15, -0.1) is 0 Å². The van der Waals surface area contributed by atoms with Gasteiger partial charge in [-0.3, -0.25) is 4.79 Å². The van der Waals surface area contributed by atoms with Crippen LogP contribution >= 0.6 is 11.6 Å². The Bertz CT molecular complexity index is 420. The summed E-state index contributed by atoms with van der Waals surface area (Å²) in [7, 11) is 0. The molecular weight excluding hydrogens is 262 g/mol. The lowest BCUT2D eigenvalue weighted by Crippen LogP contribution is -2.43. The molecule has 0 spiro atoms. The van der Waals surface area contributed by atoms with E-state index in [4.69, 9.17) is 16.7 Å². The summed E-state index contributed by atoms with van der Waals surface area (Å²) in [4.78, 5) is 10.9. The largest absolute Gasteiger partial charge is 0.480 e. The first-order valence-electron chi connectivity index (χ1n) is 6.61. The maximum absolute atomic E-state index is 10.9. The van der Waals surface area contributed by atoms with E-state index in [2.05, 4.69) is 19.2 Å².